The van der Waals surface area contributed by atoms with E-state index in [4.69, 9.17) is 0 Å². The molecule has 0 saturated carbocycles. The number of hydrogen-bond acceptors (Lipinski definition) is 0. The third kappa shape index (κ3) is 10.4. The van der Waals surface area contributed by atoms with Gasteiger partial charge in [0, 0.05) is 0 Å². The van der Waals surface area contributed by atoms with E-state index >= 15 is 0 Å². The molecular weight excluding hydrogens is 316 g/mol. The second-order valence-corrected chi connectivity index (χ2v) is 8.20. The number of aromatic nitrogens is 2. The first kappa shape index (κ1) is 23.2. The molecule has 0 fully saturated rings. The zero-order chi connectivity index (χ0) is 18.9. The maximum absolute atomic E-state index is 3.53. The molecule has 26 heavy (non-hydrogen) atoms. The van der Waals surface area contributed by atoms with E-state index in [1.807, 2.05) is 0 Å². The van der Waals surface area contributed by atoms with Crippen LogP contribution in [0.1, 0.15) is 135 Å². The highest BCUT2D eigenvalue weighted by Crippen LogP contribution is 2.24. The van der Waals surface area contributed by atoms with Crippen molar-refractivity contribution in [3.8, 4) is 0 Å². The average Bonchev–Trinajstić information content (AvgIpc) is 3.10. The van der Waals surface area contributed by atoms with E-state index in [0.29, 0.717) is 0 Å². The molecule has 1 aromatic heterocycles. The smallest absolute Gasteiger partial charge is 0.247 e. The van der Waals surface area contributed by atoms with E-state index < -0.39 is 0 Å². The van der Waals surface area contributed by atoms with Gasteiger partial charge in [0.2, 0.25) is 0 Å². The fourth-order valence-corrected chi connectivity index (χ4v) is 4.16. The van der Waals surface area contributed by atoms with Crippen molar-refractivity contribution in [2.75, 3.05) is 0 Å². The van der Waals surface area contributed by atoms with Gasteiger partial charge < -0.3 is 0 Å². The number of aryl methyl sites for hydroxylation is 1. The van der Waals surface area contributed by atoms with Crippen molar-refractivity contribution in [1.29, 1.82) is 0 Å². The van der Waals surface area contributed by atoms with Gasteiger partial charge in [0.1, 0.15) is 12.4 Å². The molecule has 0 amide bonds. The minimum atomic E-state index is 0.727. The number of H-pyrrole nitrogens is 1. The first-order valence-electron chi connectivity index (χ1n) is 11.9. The van der Waals surface area contributed by atoms with Crippen LogP contribution in [0.4, 0.5) is 0 Å². The van der Waals surface area contributed by atoms with Crippen LogP contribution < -0.4 is 4.57 Å². The molecule has 1 rings (SSSR count). The number of rotatable bonds is 18. The summed E-state index contributed by atoms with van der Waals surface area (Å²) in [5.41, 5.74) is 0. The normalized spacial score (nSPS) is 12.6. The minimum absolute atomic E-state index is 0.727. The van der Waals surface area contributed by atoms with Gasteiger partial charge >= 0.3 is 0 Å². The van der Waals surface area contributed by atoms with Gasteiger partial charge in [0.15, 0.2) is 0 Å². The lowest BCUT2D eigenvalue weighted by molar-refractivity contribution is -0.704. The molecule has 0 unspecified atom stereocenters. The number of imidazole rings is 1. The van der Waals surface area contributed by atoms with Gasteiger partial charge in [-0.3, -0.25) is 0 Å². The summed E-state index contributed by atoms with van der Waals surface area (Å²) in [6.07, 6.45) is 26.8. The monoisotopic (exact) mass is 363 g/mol. The molecule has 0 spiro atoms. The van der Waals surface area contributed by atoms with Crippen molar-refractivity contribution in [2.24, 2.45) is 0 Å². The van der Waals surface area contributed by atoms with Gasteiger partial charge in [0.25, 0.3) is 5.82 Å². The Balaban J connectivity index is 2.08. The Kier molecular flexibility index (Phi) is 14.7. The number of aromatic amines is 1. The SMILES string of the molecule is CCCCCCCCCCCCCC[C@H](CCC)c1[nH]cc[n+]1CCC. The van der Waals surface area contributed by atoms with Gasteiger partial charge in [-0.15, -0.1) is 0 Å². The molecule has 2 nitrogen and oxygen atoms in total. The molecule has 152 valence electrons. The van der Waals surface area contributed by atoms with Crippen molar-refractivity contribution in [2.45, 2.75) is 136 Å². The highest BCUT2D eigenvalue weighted by atomic mass is 15.1. The lowest BCUT2D eigenvalue weighted by Crippen LogP contribution is -2.37. The summed E-state index contributed by atoms with van der Waals surface area (Å²) in [6.45, 7) is 8.04. The molecule has 0 aliphatic carbocycles. The molecule has 0 aromatic carbocycles. The van der Waals surface area contributed by atoms with Gasteiger partial charge in [-0.2, -0.15) is 0 Å². The number of nitrogens with zero attached hydrogens (tertiary/aromatic N) is 1. The van der Waals surface area contributed by atoms with Crippen molar-refractivity contribution in [1.82, 2.24) is 4.98 Å². The van der Waals surface area contributed by atoms with Crippen LogP contribution in [0.15, 0.2) is 12.4 Å². The summed E-state index contributed by atoms with van der Waals surface area (Å²) >= 11 is 0. The van der Waals surface area contributed by atoms with E-state index in [0.717, 1.165) is 12.5 Å². The maximum atomic E-state index is 3.53. The Bertz CT molecular complexity index is 410. The van der Waals surface area contributed by atoms with Crippen molar-refractivity contribution in [3.05, 3.63) is 18.2 Å². The van der Waals surface area contributed by atoms with E-state index in [-0.39, 0.29) is 0 Å². The third-order valence-corrected chi connectivity index (χ3v) is 5.69. The average molecular weight is 364 g/mol. The van der Waals surface area contributed by atoms with Crippen LogP contribution in [0.5, 0.6) is 0 Å². The van der Waals surface area contributed by atoms with Crippen LogP contribution in [0.25, 0.3) is 0 Å². The fourth-order valence-electron chi connectivity index (χ4n) is 4.16. The van der Waals surface area contributed by atoms with Gasteiger partial charge in [-0.05, 0) is 19.3 Å². The third-order valence-electron chi connectivity index (χ3n) is 5.69. The van der Waals surface area contributed by atoms with Crippen LogP contribution in [0.2, 0.25) is 0 Å². The minimum Gasteiger partial charge on any atom is -0.247 e. The summed E-state index contributed by atoms with van der Waals surface area (Å²) in [4.78, 5) is 3.53. The summed E-state index contributed by atoms with van der Waals surface area (Å²) in [6, 6.07) is 0. The van der Waals surface area contributed by atoms with Crippen LogP contribution >= 0.6 is 0 Å². The summed E-state index contributed by atoms with van der Waals surface area (Å²) in [5, 5.41) is 0. The number of unbranched alkanes of at least 4 members (excludes halogenated alkanes) is 11. The quantitative estimate of drug-likeness (QED) is 0.204. The second kappa shape index (κ2) is 16.4. The molecule has 1 atom stereocenters. The molecule has 1 aromatic rings. The molecule has 0 bridgehead atoms. The zero-order valence-corrected chi connectivity index (χ0v) is 18.2. The Morgan fingerprint density at radius 2 is 1.27 bits per heavy atom. The number of nitrogens with one attached hydrogen (secondary N) is 1. The summed E-state index contributed by atoms with van der Waals surface area (Å²) < 4.78 is 2.45. The number of hydrogen-bond donors (Lipinski definition) is 1. The summed E-state index contributed by atoms with van der Waals surface area (Å²) in [5.74, 6) is 2.20. The fraction of sp³-hybridized carbons (Fsp3) is 0.875. The van der Waals surface area contributed by atoms with Crippen LogP contribution in [0, 0.1) is 0 Å². The van der Waals surface area contributed by atoms with E-state index in [1.165, 1.54) is 109 Å². The van der Waals surface area contributed by atoms with Crippen molar-refractivity contribution < 1.29 is 4.57 Å². The molecular formula is C24H47N2+. The standard InChI is InChI=1S/C24H46N2/c1-4-7-8-9-10-11-12-13-14-15-16-17-19-23(18-5-2)24-25-20-22-26(24)21-6-3/h20,22-23H,4-19,21H2,1-3H3/p+1/t23-/m0/s1. The van der Waals surface area contributed by atoms with E-state index in [2.05, 4.69) is 42.7 Å². The first-order chi connectivity index (χ1) is 12.8. The van der Waals surface area contributed by atoms with Gasteiger partial charge in [0.05, 0.1) is 12.5 Å². The van der Waals surface area contributed by atoms with Crippen LogP contribution in [0.3, 0.4) is 0 Å². The van der Waals surface area contributed by atoms with Gasteiger partial charge in [-0.1, -0.05) is 104 Å². The Morgan fingerprint density at radius 3 is 1.81 bits per heavy atom. The van der Waals surface area contributed by atoms with Crippen molar-refractivity contribution in [3.63, 3.8) is 0 Å². The van der Waals surface area contributed by atoms with Crippen molar-refractivity contribution >= 4 is 0 Å². The zero-order valence-electron chi connectivity index (χ0n) is 18.2. The lowest BCUT2D eigenvalue weighted by atomic mass is 9.95. The van der Waals surface area contributed by atoms with Gasteiger partial charge in [-0.25, -0.2) is 9.55 Å². The predicted octanol–water partition coefficient (Wildman–Crippen LogP) is 7.69. The summed E-state index contributed by atoms with van der Waals surface area (Å²) in [7, 11) is 0. The second-order valence-electron chi connectivity index (χ2n) is 8.20. The Hall–Kier alpha value is -0.790. The molecule has 0 saturated heterocycles. The van der Waals surface area contributed by atoms with Crippen LogP contribution in [-0.2, 0) is 6.54 Å². The Labute approximate surface area is 164 Å². The largest absolute Gasteiger partial charge is 0.257 e. The molecule has 0 radical (unpaired) electrons. The molecule has 1 heterocycles. The molecule has 1 N–H and O–H groups in total. The topological polar surface area (TPSA) is 19.7 Å². The predicted molar refractivity (Wildman–Crippen MR) is 115 cm³/mol. The molecule has 0 aliphatic heterocycles. The highest BCUT2D eigenvalue weighted by molar-refractivity contribution is 4.89. The first-order valence-corrected chi connectivity index (χ1v) is 11.9. The maximum Gasteiger partial charge on any atom is 0.257 e. The van der Waals surface area contributed by atoms with Crippen LogP contribution in [-0.4, -0.2) is 4.98 Å². The molecule has 0 aliphatic rings. The Morgan fingerprint density at radius 1 is 0.692 bits per heavy atom. The lowest BCUT2D eigenvalue weighted by Gasteiger charge is -2.13. The molecule has 2 heteroatoms. The highest BCUT2D eigenvalue weighted by Gasteiger charge is 2.21. The van der Waals surface area contributed by atoms with E-state index in [1.54, 1.807) is 0 Å². The van der Waals surface area contributed by atoms with E-state index in [9.17, 15) is 0 Å².